The van der Waals surface area contributed by atoms with E-state index in [1.807, 2.05) is 0 Å². The number of hydrogen-bond donors (Lipinski definition) is 7. The van der Waals surface area contributed by atoms with Crippen molar-refractivity contribution in [2.45, 2.75) is 63.7 Å². The fraction of sp³-hybridized carbons (Fsp3) is 0.432. The standard InChI is InChI=1S/C44H57N7O13/c1-62-27-24-49-21-12-31(52)37(55)34(49)41(59)45-18-7-15-44(48-40(58)30-10-5-4-6-11-30,16-8-19-46-42(60)35-38(56)32(53)13-22-50(35)25-28-63-2)17-9-20-47-43(61)36-39(57)33(54)14-23-51(36)26-29-64-3/h4-6,10-14,21-23,55-57H,7-9,15-20,24-29H2,1-3H3,(H,45,59)(H,46,60)(H,47,61)(H,48,58). The zero-order valence-electron chi connectivity index (χ0n) is 36.2. The molecule has 4 rings (SSSR count). The molecule has 0 spiro atoms. The molecule has 0 saturated heterocycles. The number of benzene rings is 1. The first-order chi connectivity index (χ1) is 30.8. The summed E-state index contributed by atoms with van der Waals surface area (Å²) in [7, 11) is 4.42. The molecule has 0 unspecified atom stereocenters. The summed E-state index contributed by atoms with van der Waals surface area (Å²) in [6.45, 7) is 1.27. The monoisotopic (exact) mass is 891 g/mol. The molecule has 346 valence electrons. The van der Waals surface area contributed by atoms with E-state index in [9.17, 15) is 48.9 Å². The fourth-order valence-corrected chi connectivity index (χ4v) is 7.14. The molecule has 64 heavy (non-hydrogen) atoms. The lowest BCUT2D eigenvalue weighted by Crippen LogP contribution is -2.50. The molecule has 0 aliphatic rings. The van der Waals surface area contributed by atoms with Crippen LogP contribution in [0.15, 0.2) is 81.5 Å². The molecule has 0 radical (unpaired) electrons. The molecule has 20 heteroatoms. The van der Waals surface area contributed by atoms with Crippen LogP contribution >= 0.6 is 0 Å². The van der Waals surface area contributed by atoms with Gasteiger partial charge < -0.3 is 64.5 Å². The predicted octanol–water partition coefficient (Wildman–Crippen LogP) is 1.33. The van der Waals surface area contributed by atoms with Gasteiger partial charge in [-0.25, -0.2) is 0 Å². The largest absolute Gasteiger partial charge is 0.503 e. The zero-order valence-corrected chi connectivity index (χ0v) is 36.2. The predicted molar refractivity (Wildman–Crippen MR) is 234 cm³/mol. The van der Waals surface area contributed by atoms with Crippen LogP contribution < -0.4 is 37.6 Å². The molecular weight excluding hydrogens is 835 g/mol. The van der Waals surface area contributed by atoms with Crippen molar-refractivity contribution in [1.29, 1.82) is 0 Å². The number of ether oxygens (including phenoxy) is 3. The Morgan fingerprint density at radius 2 is 0.844 bits per heavy atom. The summed E-state index contributed by atoms with van der Waals surface area (Å²) in [6, 6.07) is 11.9. The molecule has 0 aliphatic carbocycles. The second kappa shape index (κ2) is 24.8. The first-order valence-electron chi connectivity index (χ1n) is 20.7. The average molecular weight is 892 g/mol. The van der Waals surface area contributed by atoms with Crippen molar-refractivity contribution in [2.24, 2.45) is 0 Å². The van der Waals surface area contributed by atoms with Gasteiger partial charge in [-0.3, -0.25) is 33.6 Å². The summed E-state index contributed by atoms with van der Waals surface area (Å²) >= 11 is 0. The summed E-state index contributed by atoms with van der Waals surface area (Å²) in [5, 5.41) is 43.1. The summed E-state index contributed by atoms with van der Waals surface area (Å²) in [6.07, 6.45) is 5.69. The lowest BCUT2D eigenvalue weighted by molar-refractivity contribution is 0.0855. The SMILES string of the molecule is COCCn1ccc(=O)c(O)c1C(=O)NCCCC(CCCNC(=O)c1c(O)c(=O)ccn1CCOC)(CCCNC(=O)c1c(O)c(=O)ccn1CCOC)NC(=O)c1ccccc1. The highest BCUT2D eigenvalue weighted by atomic mass is 16.5. The number of carbonyl (C=O) groups is 4. The van der Waals surface area contributed by atoms with Crippen LogP contribution in [0.3, 0.4) is 0 Å². The number of carbonyl (C=O) groups excluding carboxylic acids is 4. The number of amides is 4. The molecular formula is C44H57N7O13. The van der Waals surface area contributed by atoms with Gasteiger partial charge in [0.2, 0.25) is 16.3 Å². The third kappa shape index (κ3) is 13.6. The van der Waals surface area contributed by atoms with Crippen molar-refractivity contribution < 1.29 is 48.7 Å². The Balaban J connectivity index is 1.59. The molecule has 4 amide bonds. The van der Waals surface area contributed by atoms with Crippen LogP contribution in [-0.2, 0) is 33.8 Å². The van der Waals surface area contributed by atoms with Gasteiger partial charge in [0.15, 0.2) is 34.3 Å². The van der Waals surface area contributed by atoms with Gasteiger partial charge in [-0.2, -0.15) is 0 Å². The number of nitrogens with zero attached hydrogens (tertiary/aromatic N) is 3. The highest BCUT2D eigenvalue weighted by molar-refractivity contribution is 5.96. The smallest absolute Gasteiger partial charge is 0.271 e. The van der Waals surface area contributed by atoms with E-state index < -0.39 is 62.7 Å². The van der Waals surface area contributed by atoms with Gasteiger partial charge in [-0.15, -0.1) is 0 Å². The molecule has 0 bridgehead atoms. The lowest BCUT2D eigenvalue weighted by Gasteiger charge is -2.36. The summed E-state index contributed by atoms with van der Waals surface area (Å²) < 4.78 is 19.5. The topological polar surface area (TPSA) is 271 Å². The quantitative estimate of drug-likeness (QED) is 0.0439. The molecule has 1 aromatic carbocycles. The van der Waals surface area contributed by atoms with E-state index in [-0.39, 0.29) is 115 Å². The Bertz CT molecular complexity index is 2180. The molecule has 0 aliphatic heterocycles. The second-order valence-corrected chi connectivity index (χ2v) is 14.9. The first kappa shape index (κ1) is 49.9. The number of rotatable bonds is 26. The van der Waals surface area contributed by atoms with Gasteiger partial charge >= 0.3 is 0 Å². The van der Waals surface area contributed by atoms with Gasteiger partial charge in [0.25, 0.3) is 23.6 Å². The average Bonchev–Trinajstić information content (AvgIpc) is 3.29. The Morgan fingerprint density at radius 1 is 0.516 bits per heavy atom. The van der Waals surface area contributed by atoms with Crippen LogP contribution in [0.2, 0.25) is 0 Å². The number of nitrogens with one attached hydrogen (secondary N) is 4. The van der Waals surface area contributed by atoms with Crippen molar-refractivity contribution >= 4 is 23.6 Å². The summed E-state index contributed by atoms with van der Waals surface area (Å²) in [5.74, 6) is -4.70. The van der Waals surface area contributed by atoms with E-state index in [1.54, 1.807) is 30.3 Å². The first-order valence-corrected chi connectivity index (χ1v) is 20.7. The van der Waals surface area contributed by atoms with Crippen molar-refractivity contribution in [3.8, 4) is 17.2 Å². The number of hydrogen-bond acceptors (Lipinski definition) is 13. The molecule has 20 nitrogen and oxygen atoms in total. The van der Waals surface area contributed by atoms with Gasteiger partial charge in [0.1, 0.15) is 0 Å². The van der Waals surface area contributed by atoms with E-state index in [1.165, 1.54) is 53.6 Å². The third-order valence-electron chi connectivity index (χ3n) is 10.5. The number of aromatic hydroxyl groups is 3. The maximum Gasteiger partial charge on any atom is 0.271 e. The number of pyridine rings is 3. The molecule has 0 saturated carbocycles. The molecule has 0 fully saturated rings. The Morgan fingerprint density at radius 3 is 1.16 bits per heavy atom. The lowest BCUT2D eigenvalue weighted by atomic mass is 9.83. The van der Waals surface area contributed by atoms with Crippen LogP contribution in [-0.4, -0.2) is 119 Å². The van der Waals surface area contributed by atoms with Crippen LogP contribution in [0, 0.1) is 0 Å². The molecule has 3 heterocycles. The van der Waals surface area contributed by atoms with Crippen LogP contribution in [0.4, 0.5) is 0 Å². The highest BCUT2D eigenvalue weighted by Gasteiger charge is 2.32. The minimum Gasteiger partial charge on any atom is -0.503 e. The van der Waals surface area contributed by atoms with Gasteiger partial charge in [-0.05, 0) is 50.7 Å². The second-order valence-electron chi connectivity index (χ2n) is 14.9. The molecule has 7 N–H and O–H groups in total. The number of methoxy groups -OCH3 is 3. The minimum absolute atomic E-state index is 0.0423. The maximum atomic E-state index is 13.9. The van der Waals surface area contributed by atoms with Crippen molar-refractivity contribution in [2.75, 3.05) is 60.8 Å². The Labute approximate surface area is 368 Å². The van der Waals surface area contributed by atoms with Crippen LogP contribution in [0.5, 0.6) is 17.2 Å². The van der Waals surface area contributed by atoms with Crippen LogP contribution in [0.25, 0.3) is 0 Å². The van der Waals surface area contributed by atoms with E-state index >= 15 is 0 Å². The normalized spacial score (nSPS) is 11.2. The minimum atomic E-state index is -1.05. The maximum absolute atomic E-state index is 13.9. The van der Waals surface area contributed by atoms with E-state index in [4.69, 9.17) is 14.2 Å². The summed E-state index contributed by atoms with van der Waals surface area (Å²) in [5.41, 5.74) is -3.62. The Hall–Kier alpha value is -6.77. The van der Waals surface area contributed by atoms with Crippen molar-refractivity contribution in [3.63, 3.8) is 0 Å². The third-order valence-corrected chi connectivity index (χ3v) is 10.5. The Kier molecular flexibility index (Phi) is 19.3. The molecule has 4 aromatic rings. The van der Waals surface area contributed by atoms with Crippen LogP contribution in [0.1, 0.15) is 80.3 Å². The van der Waals surface area contributed by atoms with Crippen molar-refractivity contribution in [1.82, 2.24) is 35.0 Å². The van der Waals surface area contributed by atoms with Gasteiger partial charge in [-0.1, -0.05) is 18.2 Å². The van der Waals surface area contributed by atoms with E-state index in [0.717, 1.165) is 18.2 Å². The zero-order chi connectivity index (χ0) is 46.6. The van der Waals surface area contributed by atoms with E-state index in [2.05, 4.69) is 21.3 Å². The molecule has 3 aromatic heterocycles. The van der Waals surface area contributed by atoms with Crippen molar-refractivity contribution in [3.05, 3.63) is 120 Å². The highest BCUT2D eigenvalue weighted by Crippen LogP contribution is 2.27. The number of aromatic nitrogens is 3. The van der Waals surface area contributed by atoms with E-state index in [0.29, 0.717) is 5.56 Å². The van der Waals surface area contributed by atoms with Gasteiger partial charge in [0.05, 0.1) is 19.8 Å². The summed E-state index contributed by atoms with van der Waals surface area (Å²) in [4.78, 5) is 91.0. The van der Waals surface area contributed by atoms with Gasteiger partial charge in [0, 0.05) is 108 Å². The molecule has 0 atom stereocenters. The fourth-order valence-electron chi connectivity index (χ4n) is 7.14.